The molecule has 2 fully saturated rings. The van der Waals surface area contributed by atoms with Gasteiger partial charge in [0.15, 0.2) is 0 Å². The van der Waals surface area contributed by atoms with E-state index in [-0.39, 0.29) is 17.9 Å². The average Bonchev–Trinajstić information content (AvgIpc) is 3.65. The second-order valence-corrected chi connectivity index (χ2v) is 8.09. The molecule has 0 N–H and O–H groups in total. The van der Waals surface area contributed by atoms with E-state index in [1.807, 2.05) is 36.1 Å². The molecule has 1 aliphatic heterocycles. The molecule has 0 bridgehead atoms. The van der Waals surface area contributed by atoms with Crippen molar-refractivity contribution in [3.05, 3.63) is 48.0 Å². The SMILES string of the molecule is COc1ccc(N2CCN(C(=O)CCN(C(=O)c3cnc(C)cn3)C3CC3)CC2)cc1. The quantitative estimate of drug-likeness (QED) is 0.679. The molecule has 164 valence electrons. The number of hydrogen-bond acceptors (Lipinski definition) is 6. The second kappa shape index (κ2) is 9.32. The van der Waals surface area contributed by atoms with E-state index >= 15 is 0 Å². The fourth-order valence-corrected chi connectivity index (χ4v) is 3.87. The lowest BCUT2D eigenvalue weighted by atomic mass is 10.2. The number of carbonyl (C=O) groups is 2. The summed E-state index contributed by atoms with van der Waals surface area (Å²) in [7, 11) is 1.66. The normalized spacial score (nSPS) is 16.2. The number of methoxy groups -OCH3 is 1. The van der Waals surface area contributed by atoms with Gasteiger partial charge in [-0.3, -0.25) is 14.6 Å². The lowest BCUT2D eigenvalue weighted by Crippen LogP contribution is -2.49. The number of anilines is 1. The molecule has 0 spiro atoms. The Hall–Kier alpha value is -3.16. The zero-order valence-electron chi connectivity index (χ0n) is 18.2. The van der Waals surface area contributed by atoms with Crippen molar-refractivity contribution >= 4 is 17.5 Å². The highest BCUT2D eigenvalue weighted by Gasteiger charge is 2.34. The van der Waals surface area contributed by atoms with Gasteiger partial charge in [0.25, 0.3) is 5.91 Å². The van der Waals surface area contributed by atoms with Gasteiger partial charge in [-0.2, -0.15) is 0 Å². The highest BCUT2D eigenvalue weighted by Crippen LogP contribution is 2.28. The minimum atomic E-state index is -0.132. The molecule has 1 aliphatic carbocycles. The van der Waals surface area contributed by atoms with Crippen molar-refractivity contribution in [2.75, 3.05) is 44.7 Å². The van der Waals surface area contributed by atoms with Gasteiger partial charge in [-0.05, 0) is 44.0 Å². The summed E-state index contributed by atoms with van der Waals surface area (Å²) in [5.41, 5.74) is 2.26. The minimum absolute atomic E-state index is 0.0998. The van der Waals surface area contributed by atoms with Crippen molar-refractivity contribution < 1.29 is 14.3 Å². The van der Waals surface area contributed by atoms with Crippen molar-refractivity contribution in [3.63, 3.8) is 0 Å². The summed E-state index contributed by atoms with van der Waals surface area (Å²) in [5.74, 6) is 0.805. The largest absolute Gasteiger partial charge is 0.497 e. The monoisotopic (exact) mass is 423 g/mol. The van der Waals surface area contributed by atoms with Crippen LogP contribution in [-0.2, 0) is 4.79 Å². The van der Waals surface area contributed by atoms with Crippen molar-refractivity contribution in [1.29, 1.82) is 0 Å². The number of aromatic nitrogens is 2. The molecule has 8 heteroatoms. The molecule has 0 unspecified atom stereocenters. The van der Waals surface area contributed by atoms with E-state index in [9.17, 15) is 9.59 Å². The van der Waals surface area contributed by atoms with Crippen LogP contribution in [0.2, 0.25) is 0 Å². The van der Waals surface area contributed by atoms with Crippen LogP contribution >= 0.6 is 0 Å². The Morgan fingerprint density at radius 1 is 1.06 bits per heavy atom. The highest BCUT2D eigenvalue weighted by molar-refractivity contribution is 5.92. The van der Waals surface area contributed by atoms with Crippen molar-refractivity contribution in [2.24, 2.45) is 0 Å². The lowest BCUT2D eigenvalue weighted by Gasteiger charge is -2.36. The Morgan fingerprint density at radius 3 is 2.35 bits per heavy atom. The third kappa shape index (κ3) is 5.13. The van der Waals surface area contributed by atoms with Gasteiger partial charge in [-0.25, -0.2) is 4.98 Å². The van der Waals surface area contributed by atoms with E-state index in [2.05, 4.69) is 14.9 Å². The van der Waals surface area contributed by atoms with Crippen LogP contribution in [0.3, 0.4) is 0 Å². The maximum Gasteiger partial charge on any atom is 0.274 e. The Kier molecular flexibility index (Phi) is 6.34. The van der Waals surface area contributed by atoms with Crippen LogP contribution in [0, 0.1) is 6.92 Å². The van der Waals surface area contributed by atoms with Gasteiger partial charge in [0, 0.05) is 57.1 Å². The average molecular weight is 424 g/mol. The Morgan fingerprint density at radius 2 is 1.77 bits per heavy atom. The first-order valence-electron chi connectivity index (χ1n) is 10.8. The van der Waals surface area contributed by atoms with Gasteiger partial charge in [0.1, 0.15) is 11.4 Å². The number of rotatable bonds is 7. The maximum atomic E-state index is 12.9. The first-order chi connectivity index (χ1) is 15.0. The molecular formula is C23H29N5O3. The fourth-order valence-electron chi connectivity index (χ4n) is 3.87. The molecule has 4 rings (SSSR count). The number of amides is 2. The Bertz CT molecular complexity index is 904. The summed E-state index contributed by atoms with van der Waals surface area (Å²) in [6.07, 6.45) is 5.43. The molecule has 2 aliphatic rings. The summed E-state index contributed by atoms with van der Waals surface area (Å²) in [5, 5.41) is 0. The summed E-state index contributed by atoms with van der Waals surface area (Å²) in [6.45, 7) is 5.23. The molecule has 0 radical (unpaired) electrons. The van der Waals surface area contributed by atoms with Crippen molar-refractivity contribution in [3.8, 4) is 5.75 Å². The molecule has 1 saturated carbocycles. The van der Waals surface area contributed by atoms with Crippen LogP contribution in [0.1, 0.15) is 35.4 Å². The zero-order chi connectivity index (χ0) is 21.8. The third-order valence-corrected chi connectivity index (χ3v) is 5.89. The molecule has 0 atom stereocenters. The first kappa shape index (κ1) is 21.1. The minimum Gasteiger partial charge on any atom is -0.497 e. The van der Waals surface area contributed by atoms with Crippen molar-refractivity contribution in [1.82, 2.24) is 19.8 Å². The zero-order valence-corrected chi connectivity index (χ0v) is 18.2. The van der Waals surface area contributed by atoms with E-state index in [0.29, 0.717) is 31.7 Å². The summed E-state index contributed by atoms with van der Waals surface area (Å²) < 4.78 is 5.22. The number of benzene rings is 1. The van der Waals surface area contributed by atoms with Gasteiger partial charge in [-0.1, -0.05) is 0 Å². The summed E-state index contributed by atoms with van der Waals surface area (Å²) in [6, 6.07) is 8.21. The Balaban J connectivity index is 1.29. The predicted octanol–water partition coefficient (Wildman–Crippen LogP) is 2.14. The van der Waals surface area contributed by atoms with E-state index < -0.39 is 0 Å². The topological polar surface area (TPSA) is 78.9 Å². The maximum absolute atomic E-state index is 12.9. The van der Waals surface area contributed by atoms with Crippen LogP contribution < -0.4 is 9.64 Å². The van der Waals surface area contributed by atoms with E-state index in [0.717, 1.165) is 43.1 Å². The number of piperazine rings is 1. The molecule has 2 aromatic rings. The summed E-state index contributed by atoms with van der Waals surface area (Å²) in [4.78, 5) is 40.0. The fraction of sp³-hybridized carbons (Fsp3) is 0.478. The molecule has 1 aromatic heterocycles. The van der Waals surface area contributed by atoms with Crippen LogP contribution in [0.4, 0.5) is 5.69 Å². The van der Waals surface area contributed by atoms with Crippen LogP contribution in [0.5, 0.6) is 5.75 Å². The van der Waals surface area contributed by atoms with Gasteiger partial charge >= 0.3 is 0 Å². The predicted molar refractivity (Wildman–Crippen MR) is 117 cm³/mol. The molecule has 1 saturated heterocycles. The standard InChI is InChI=1S/C23H29N5O3/c1-17-15-25-21(16-24-17)23(30)28(19-3-4-19)10-9-22(29)27-13-11-26(12-14-27)18-5-7-20(31-2)8-6-18/h5-8,15-16,19H,3-4,9-14H2,1-2H3. The van der Waals surface area contributed by atoms with Crippen molar-refractivity contribution in [2.45, 2.75) is 32.2 Å². The first-order valence-corrected chi connectivity index (χ1v) is 10.8. The number of nitrogens with zero attached hydrogens (tertiary/aromatic N) is 5. The smallest absolute Gasteiger partial charge is 0.274 e. The molecule has 31 heavy (non-hydrogen) atoms. The van der Waals surface area contributed by atoms with Gasteiger partial charge in [0.05, 0.1) is 19.0 Å². The number of ether oxygens (including phenoxy) is 1. The van der Waals surface area contributed by atoms with Gasteiger partial charge in [0.2, 0.25) is 5.91 Å². The molecule has 2 amide bonds. The highest BCUT2D eigenvalue weighted by atomic mass is 16.5. The Labute approximate surface area is 182 Å². The number of carbonyl (C=O) groups excluding carboxylic acids is 2. The third-order valence-electron chi connectivity index (χ3n) is 5.89. The molecule has 2 heterocycles. The molecule has 1 aromatic carbocycles. The van der Waals surface area contributed by atoms with Crippen LogP contribution in [-0.4, -0.2) is 77.5 Å². The number of aryl methyl sites for hydroxylation is 1. The number of hydrogen-bond donors (Lipinski definition) is 0. The van der Waals surface area contributed by atoms with Crippen LogP contribution in [0.25, 0.3) is 0 Å². The summed E-state index contributed by atoms with van der Waals surface area (Å²) >= 11 is 0. The van der Waals surface area contributed by atoms with E-state index in [4.69, 9.17) is 4.74 Å². The van der Waals surface area contributed by atoms with Gasteiger partial charge < -0.3 is 19.4 Å². The molecule has 8 nitrogen and oxygen atoms in total. The van der Waals surface area contributed by atoms with Gasteiger partial charge in [-0.15, -0.1) is 0 Å². The van der Waals surface area contributed by atoms with E-state index in [1.165, 1.54) is 6.20 Å². The molecular weight excluding hydrogens is 394 g/mol. The van der Waals surface area contributed by atoms with Crippen LogP contribution in [0.15, 0.2) is 36.7 Å². The van der Waals surface area contributed by atoms with E-state index in [1.54, 1.807) is 18.2 Å². The second-order valence-electron chi connectivity index (χ2n) is 8.09. The lowest BCUT2D eigenvalue weighted by molar-refractivity contribution is -0.131.